The quantitative estimate of drug-likeness (QED) is 0.373. The smallest absolute Gasteiger partial charge is 0.236 e. The van der Waals surface area contributed by atoms with Gasteiger partial charge in [-0.05, 0) is 30.5 Å². The Morgan fingerprint density at radius 3 is 2.79 bits per heavy atom. The van der Waals surface area contributed by atoms with Crippen LogP contribution in [0.15, 0.2) is 59.1 Å². The van der Waals surface area contributed by atoms with Gasteiger partial charge in [0.25, 0.3) is 0 Å². The molecule has 1 aromatic carbocycles. The standard InChI is InChI=1S/C18H17N7OS2/c1-12-10-15(25(23-12)13-6-3-2-4-7-13)20-16(26)11-28-18-22-21-17(24(18)19)14-8-5-9-27-14/h2-10H,11,19H2,1H3,(H,20,26). The Balaban J connectivity index is 1.44. The lowest BCUT2D eigenvalue weighted by Gasteiger charge is -2.08. The van der Waals surface area contributed by atoms with Gasteiger partial charge in [0.05, 0.1) is 22.0 Å². The molecular weight excluding hydrogens is 394 g/mol. The minimum Gasteiger partial charge on any atom is -0.335 e. The molecule has 28 heavy (non-hydrogen) atoms. The van der Waals surface area contributed by atoms with Crippen LogP contribution >= 0.6 is 23.1 Å². The van der Waals surface area contributed by atoms with E-state index in [2.05, 4.69) is 20.6 Å². The Hall–Kier alpha value is -3.11. The van der Waals surface area contributed by atoms with Crippen LogP contribution < -0.4 is 11.2 Å². The van der Waals surface area contributed by atoms with Crippen molar-refractivity contribution >= 4 is 34.8 Å². The third-order valence-corrected chi connectivity index (χ3v) is 5.65. The molecule has 0 radical (unpaired) electrons. The van der Waals surface area contributed by atoms with Crippen molar-refractivity contribution in [2.45, 2.75) is 12.1 Å². The molecule has 0 fully saturated rings. The molecule has 3 aromatic heterocycles. The molecule has 0 unspecified atom stereocenters. The fraction of sp³-hybridized carbons (Fsp3) is 0.111. The zero-order valence-corrected chi connectivity index (χ0v) is 16.6. The summed E-state index contributed by atoms with van der Waals surface area (Å²) in [5, 5.41) is 18.0. The Kier molecular flexibility index (Phi) is 5.13. The van der Waals surface area contributed by atoms with Gasteiger partial charge in [0.15, 0.2) is 5.82 Å². The number of rotatable bonds is 6. The number of benzene rings is 1. The van der Waals surface area contributed by atoms with Crippen LogP contribution in [0.4, 0.5) is 5.82 Å². The Bertz CT molecular complexity index is 1090. The summed E-state index contributed by atoms with van der Waals surface area (Å²) in [7, 11) is 0. The highest BCUT2D eigenvalue weighted by Gasteiger charge is 2.16. The fourth-order valence-electron chi connectivity index (χ4n) is 2.61. The van der Waals surface area contributed by atoms with Gasteiger partial charge < -0.3 is 11.2 Å². The molecule has 0 aliphatic heterocycles. The zero-order chi connectivity index (χ0) is 19.5. The fourth-order valence-corrected chi connectivity index (χ4v) is 3.97. The predicted molar refractivity (Wildman–Crippen MR) is 111 cm³/mol. The van der Waals surface area contributed by atoms with E-state index < -0.39 is 0 Å². The predicted octanol–water partition coefficient (Wildman–Crippen LogP) is 2.95. The maximum absolute atomic E-state index is 12.5. The first-order valence-corrected chi connectivity index (χ1v) is 10.3. The number of nitrogens with one attached hydrogen (secondary N) is 1. The number of para-hydroxylation sites is 1. The lowest BCUT2D eigenvalue weighted by atomic mass is 10.3. The van der Waals surface area contributed by atoms with Crippen LogP contribution in [0.3, 0.4) is 0 Å². The number of carbonyl (C=O) groups is 1. The molecule has 0 atom stereocenters. The van der Waals surface area contributed by atoms with E-state index in [0.29, 0.717) is 16.8 Å². The number of aryl methyl sites for hydroxylation is 1. The van der Waals surface area contributed by atoms with Crippen LogP contribution in [0, 0.1) is 6.92 Å². The van der Waals surface area contributed by atoms with Crippen LogP contribution in [0.1, 0.15) is 5.69 Å². The molecule has 1 amide bonds. The zero-order valence-electron chi connectivity index (χ0n) is 14.9. The maximum Gasteiger partial charge on any atom is 0.236 e. The molecule has 0 spiro atoms. The van der Waals surface area contributed by atoms with Gasteiger partial charge in [-0.3, -0.25) is 4.79 Å². The van der Waals surface area contributed by atoms with Crippen LogP contribution in [-0.4, -0.2) is 36.3 Å². The summed E-state index contributed by atoms with van der Waals surface area (Å²) in [5.41, 5.74) is 1.69. The van der Waals surface area contributed by atoms with Crippen LogP contribution in [0.5, 0.6) is 0 Å². The molecule has 0 bridgehead atoms. The number of aromatic nitrogens is 5. The Labute approximate surface area is 169 Å². The van der Waals surface area contributed by atoms with Gasteiger partial charge in [-0.1, -0.05) is 36.0 Å². The van der Waals surface area contributed by atoms with E-state index in [4.69, 9.17) is 5.84 Å². The molecule has 0 aliphatic carbocycles. The molecule has 0 saturated carbocycles. The summed E-state index contributed by atoms with van der Waals surface area (Å²) in [6.07, 6.45) is 0. The highest BCUT2D eigenvalue weighted by Crippen LogP contribution is 2.25. The summed E-state index contributed by atoms with van der Waals surface area (Å²) >= 11 is 2.76. The van der Waals surface area contributed by atoms with Crippen molar-refractivity contribution in [3.63, 3.8) is 0 Å². The molecule has 4 aromatic rings. The first-order valence-electron chi connectivity index (χ1n) is 8.41. The lowest BCUT2D eigenvalue weighted by Crippen LogP contribution is -2.18. The van der Waals surface area contributed by atoms with Gasteiger partial charge in [-0.2, -0.15) is 5.10 Å². The number of carbonyl (C=O) groups excluding carboxylic acids is 1. The topological polar surface area (TPSA) is 104 Å². The third kappa shape index (κ3) is 3.78. The second-order valence-electron chi connectivity index (χ2n) is 5.91. The van der Waals surface area contributed by atoms with Crippen molar-refractivity contribution in [3.05, 3.63) is 59.6 Å². The van der Waals surface area contributed by atoms with Gasteiger partial charge in [0.2, 0.25) is 11.1 Å². The number of hydrogen-bond donors (Lipinski definition) is 2. The molecule has 8 nitrogen and oxygen atoms in total. The number of nitrogens with two attached hydrogens (primary N) is 1. The summed E-state index contributed by atoms with van der Waals surface area (Å²) in [5.74, 6) is 7.24. The second kappa shape index (κ2) is 7.87. The average Bonchev–Trinajstić information content (AvgIpc) is 3.42. The number of thioether (sulfide) groups is 1. The normalized spacial score (nSPS) is 10.9. The van der Waals surface area contributed by atoms with E-state index in [1.807, 2.05) is 60.8 Å². The van der Waals surface area contributed by atoms with Crippen molar-refractivity contribution in [3.8, 4) is 16.4 Å². The molecule has 142 valence electrons. The minimum absolute atomic E-state index is 0.152. The van der Waals surface area contributed by atoms with Gasteiger partial charge in [0, 0.05) is 6.07 Å². The molecule has 10 heteroatoms. The van der Waals surface area contributed by atoms with E-state index in [1.165, 1.54) is 27.8 Å². The van der Waals surface area contributed by atoms with E-state index in [0.717, 1.165) is 16.3 Å². The molecular formula is C18H17N7OS2. The Morgan fingerprint density at radius 2 is 2.04 bits per heavy atom. The number of amides is 1. The Morgan fingerprint density at radius 1 is 1.21 bits per heavy atom. The lowest BCUT2D eigenvalue weighted by molar-refractivity contribution is -0.113. The van der Waals surface area contributed by atoms with E-state index >= 15 is 0 Å². The van der Waals surface area contributed by atoms with Gasteiger partial charge in [0.1, 0.15) is 5.82 Å². The highest BCUT2D eigenvalue weighted by atomic mass is 32.2. The van der Waals surface area contributed by atoms with E-state index in [-0.39, 0.29) is 11.7 Å². The number of nitrogen functional groups attached to an aromatic ring is 1. The van der Waals surface area contributed by atoms with Crippen molar-refractivity contribution in [1.29, 1.82) is 0 Å². The van der Waals surface area contributed by atoms with Crippen molar-refractivity contribution < 1.29 is 4.79 Å². The van der Waals surface area contributed by atoms with Crippen molar-refractivity contribution in [1.82, 2.24) is 24.7 Å². The first-order chi connectivity index (χ1) is 13.6. The average molecular weight is 412 g/mol. The molecule has 0 aliphatic rings. The number of nitrogens with zero attached hydrogens (tertiary/aromatic N) is 5. The third-order valence-electron chi connectivity index (χ3n) is 3.84. The summed E-state index contributed by atoms with van der Waals surface area (Å²) in [6.45, 7) is 1.88. The minimum atomic E-state index is -0.178. The maximum atomic E-state index is 12.5. The second-order valence-corrected chi connectivity index (χ2v) is 7.80. The van der Waals surface area contributed by atoms with Crippen molar-refractivity contribution in [2.75, 3.05) is 16.9 Å². The molecule has 3 heterocycles. The summed E-state index contributed by atoms with van der Waals surface area (Å²) < 4.78 is 3.11. The number of anilines is 1. The van der Waals surface area contributed by atoms with E-state index in [9.17, 15) is 4.79 Å². The SMILES string of the molecule is Cc1cc(NC(=O)CSc2nnc(-c3cccs3)n2N)n(-c2ccccc2)n1. The van der Waals surface area contributed by atoms with Gasteiger partial charge in [-0.15, -0.1) is 21.5 Å². The number of hydrogen-bond acceptors (Lipinski definition) is 7. The summed E-state index contributed by atoms with van der Waals surface area (Å²) in [4.78, 5) is 13.4. The monoisotopic (exact) mass is 411 g/mol. The molecule has 4 rings (SSSR count). The van der Waals surface area contributed by atoms with Crippen LogP contribution in [0.25, 0.3) is 16.4 Å². The number of thiophene rings is 1. The molecule has 0 saturated heterocycles. The molecule has 3 N–H and O–H groups in total. The highest BCUT2D eigenvalue weighted by molar-refractivity contribution is 7.99. The van der Waals surface area contributed by atoms with Crippen molar-refractivity contribution in [2.24, 2.45) is 0 Å². The summed E-state index contributed by atoms with van der Waals surface area (Å²) in [6, 6.07) is 15.3. The van der Waals surface area contributed by atoms with Gasteiger partial charge >= 0.3 is 0 Å². The van der Waals surface area contributed by atoms with Crippen LogP contribution in [-0.2, 0) is 4.79 Å². The largest absolute Gasteiger partial charge is 0.335 e. The van der Waals surface area contributed by atoms with Gasteiger partial charge in [-0.25, -0.2) is 9.36 Å². The first kappa shape index (κ1) is 18.3. The van der Waals surface area contributed by atoms with Crippen LogP contribution in [0.2, 0.25) is 0 Å². The van der Waals surface area contributed by atoms with E-state index in [1.54, 1.807) is 4.68 Å².